The van der Waals surface area contributed by atoms with Crippen molar-refractivity contribution in [3.05, 3.63) is 29.3 Å². The number of amides is 1. The number of benzene rings is 1. The van der Waals surface area contributed by atoms with Crippen LogP contribution in [0.15, 0.2) is 23.8 Å². The van der Waals surface area contributed by atoms with E-state index in [1.807, 2.05) is 0 Å². The minimum absolute atomic E-state index is 0.0968. The Morgan fingerprint density at radius 1 is 0.919 bits per heavy atom. The van der Waals surface area contributed by atoms with Crippen LogP contribution < -0.4 is 10.1 Å². The van der Waals surface area contributed by atoms with E-state index in [0.29, 0.717) is 5.56 Å². The first-order chi connectivity index (χ1) is 17.4. The summed E-state index contributed by atoms with van der Waals surface area (Å²) in [5, 5.41) is 64.1. The Balaban J connectivity index is 1.69. The molecule has 1 amide bonds. The Morgan fingerprint density at radius 3 is 2.08 bits per heavy atom. The minimum atomic E-state index is -1.53. The van der Waals surface area contributed by atoms with Crippen LogP contribution in [0.25, 0.3) is 6.08 Å². The molecule has 0 bridgehead atoms. The summed E-state index contributed by atoms with van der Waals surface area (Å²) < 4.78 is 21.0. The number of aromatic hydroxyl groups is 1. The number of carbonyl (C=O) groups excluding carboxylic acids is 2. The summed E-state index contributed by atoms with van der Waals surface area (Å²) in [4.78, 5) is 24.3. The van der Waals surface area contributed by atoms with Crippen LogP contribution in [0.4, 0.5) is 0 Å². The quantitative estimate of drug-likeness (QED) is 0.180. The van der Waals surface area contributed by atoms with Gasteiger partial charge in [0.05, 0.1) is 6.04 Å². The number of rotatable bonds is 8. The second-order valence-electron chi connectivity index (χ2n) is 9.06. The molecule has 3 rings (SSSR count). The monoisotopic (exact) mass is 527 g/mol. The zero-order valence-corrected chi connectivity index (χ0v) is 20.7. The fourth-order valence-corrected chi connectivity index (χ4v) is 4.43. The highest BCUT2D eigenvalue weighted by Crippen LogP contribution is 2.32. The SMILES string of the molecule is CO[C@@H]1[C@H](O)[C@@H](O)[C@@H](NC(=O)/C(C)=C\c2ccc(O[C@@H]3O[C@H](C(C)=O)[C@@H](O)[C@@H]3O)c(O)c2)[C@@H](O)[C@@H]1OC. The van der Waals surface area contributed by atoms with Crippen molar-refractivity contribution in [3.8, 4) is 11.5 Å². The molecular formula is C24H33NO12. The Morgan fingerprint density at radius 2 is 1.54 bits per heavy atom. The van der Waals surface area contributed by atoms with Crippen molar-refractivity contribution in [2.75, 3.05) is 14.2 Å². The number of Topliss-reactive ketones (excluding diaryl/α,β-unsaturated/α-hetero) is 1. The van der Waals surface area contributed by atoms with E-state index in [1.54, 1.807) is 0 Å². The van der Waals surface area contributed by atoms with Crippen molar-refractivity contribution in [1.82, 2.24) is 5.32 Å². The zero-order valence-electron chi connectivity index (χ0n) is 20.7. The molecule has 1 aromatic carbocycles. The van der Waals surface area contributed by atoms with Gasteiger partial charge in [-0.1, -0.05) is 6.07 Å². The predicted octanol–water partition coefficient (Wildman–Crippen LogP) is -2.18. The number of hydrogen-bond acceptors (Lipinski definition) is 12. The molecule has 37 heavy (non-hydrogen) atoms. The summed E-state index contributed by atoms with van der Waals surface area (Å²) in [6.45, 7) is 2.66. The molecule has 1 aliphatic carbocycles. The van der Waals surface area contributed by atoms with E-state index in [2.05, 4.69) is 5.32 Å². The number of methoxy groups -OCH3 is 2. The van der Waals surface area contributed by atoms with Crippen LogP contribution >= 0.6 is 0 Å². The third-order valence-corrected chi connectivity index (χ3v) is 6.51. The number of phenolic OH excluding ortho intramolecular Hbond substituents is 1. The molecule has 0 unspecified atom stereocenters. The van der Waals surface area contributed by atoms with E-state index in [1.165, 1.54) is 52.3 Å². The molecule has 0 radical (unpaired) electrons. The highest BCUT2D eigenvalue weighted by Gasteiger charge is 2.50. The molecule has 1 saturated carbocycles. The highest BCUT2D eigenvalue weighted by molar-refractivity contribution is 5.97. The Kier molecular flexibility index (Phi) is 9.26. The van der Waals surface area contributed by atoms with Crippen molar-refractivity contribution in [1.29, 1.82) is 0 Å². The van der Waals surface area contributed by atoms with Gasteiger partial charge in [0.2, 0.25) is 12.2 Å². The number of hydrogen-bond donors (Lipinski definition) is 7. The third-order valence-electron chi connectivity index (χ3n) is 6.51. The maximum absolute atomic E-state index is 12.8. The van der Waals surface area contributed by atoms with Crippen LogP contribution in [0.1, 0.15) is 19.4 Å². The van der Waals surface area contributed by atoms with Gasteiger partial charge in [0.25, 0.3) is 0 Å². The van der Waals surface area contributed by atoms with Gasteiger partial charge >= 0.3 is 0 Å². The molecule has 0 aromatic heterocycles. The van der Waals surface area contributed by atoms with Gasteiger partial charge in [-0.3, -0.25) is 9.59 Å². The maximum atomic E-state index is 12.8. The number of carbonyl (C=O) groups is 2. The number of ketones is 1. The Bertz CT molecular complexity index is 1020. The predicted molar refractivity (Wildman–Crippen MR) is 125 cm³/mol. The van der Waals surface area contributed by atoms with Crippen LogP contribution in [0.2, 0.25) is 0 Å². The average Bonchev–Trinajstić information content (AvgIpc) is 3.14. The molecule has 13 heteroatoms. The van der Waals surface area contributed by atoms with Crippen molar-refractivity contribution < 1.29 is 59.2 Å². The van der Waals surface area contributed by atoms with Gasteiger partial charge in [0, 0.05) is 19.8 Å². The van der Waals surface area contributed by atoms with Gasteiger partial charge in [-0.2, -0.15) is 0 Å². The lowest BCUT2D eigenvalue weighted by Crippen LogP contribution is -2.69. The van der Waals surface area contributed by atoms with Gasteiger partial charge in [0.1, 0.15) is 48.8 Å². The maximum Gasteiger partial charge on any atom is 0.247 e. The van der Waals surface area contributed by atoms with Gasteiger partial charge in [-0.05, 0) is 37.6 Å². The fraction of sp³-hybridized carbons (Fsp3) is 0.583. The number of aliphatic hydroxyl groups excluding tert-OH is 5. The van der Waals surface area contributed by atoms with Crippen LogP contribution in [0, 0.1) is 0 Å². The second-order valence-corrected chi connectivity index (χ2v) is 9.06. The zero-order chi connectivity index (χ0) is 27.6. The summed E-state index contributed by atoms with van der Waals surface area (Å²) in [7, 11) is 2.60. The lowest BCUT2D eigenvalue weighted by atomic mass is 9.82. The summed E-state index contributed by atoms with van der Waals surface area (Å²) in [5.41, 5.74) is 0.526. The van der Waals surface area contributed by atoms with Crippen molar-refractivity contribution in [3.63, 3.8) is 0 Å². The molecule has 2 aliphatic rings. The molecule has 10 atom stereocenters. The van der Waals surface area contributed by atoms with E-state index < -0.39 is 72.9 Å². The standard InChI is InChI=1S/C24H33NO12/c1-9(23(33)25-14-15(28)17(30)22(35-4)21(34-3)16(14)29)7-11-5-6-13(12(27)8-11)36-24-19(32)18(31)20(37-24)10(2)26/h5-8,14-22,24,27-32H,1-4H3,(H,25,33)/b9-7-/t14-,15+,16-,17-,18+,19+,20-,21+,22-,24-/m1/s1. The molecular weight excluding hydrogens is 494 g/mol. The molecule has 7 N–H and O–H groups in total. The van der Waals surface area contributed by atoms with E-state index in [0.717, 1.165) is 0 Å². The molecule has 1 aliphatic heterocycles. The van der Waals surface area contributed by atoms with Crippen molar-refractivity contribution in [2.24, 2.45) is 0 Å². The molecule has 206 valence electrons. The average molecular weight is 528 g/mol. The molecule has 1 aromatic rings. The lowest BCUT2D eigenvalue weighted by molar-refractivity contribution is -0.207. The van der Waals surface area contributed by atoms with Crippen LogP contribution in [-0.2, 0) is 23.8 Å². The summed E-state index contributed by atoms with van der Waals surface area (Å²) in [6.07, 6.45) is -10.6. The third kappa shape index (κ3) is 5.94. The van der Waals surface area contributed by atoms with E-state index in [4.69, 9.17) is 18.9 Å². The topological polar surface area (TPSA) is 204 Å². The van der Waals surface area contributed by atoms with Gasteiger partial charge in [0.15, 0.2) is 17.3 Å². The summed E-state index contributed by atoms with van der Waals surface area (Å²) in [6, 6.07) is 2.85. The largest absolute Gasteiger partial charge is 0.504 e. The first-order valence-electron chi connectivity index (χ1n) is 11.5. The fourth-order valence-electron chi connectivity index (χ4n) is 4.43. The Hall–Kier alpha value is -2.62. The smallest absolute Gasteiger partial charge is 0.247 e. The number of phenols is 1. The molecule has 0 spiro atoms. The van der Waals surface area contributed by atoms with Crippen molar-refractivity contribution >= 4 is 17.8 Å². The number of nitrogens with one attached hydrogen (secondary N) is 1. The number of ether oxygens (including phenoxy) is 4. The molecule has 1 heterocycles. The summed E-state index contributed by atoms with van der Waals surface area (Å²) >= 11 is 0. The summed E-state index contributed by atoms with van der Waals surface area (Å²) in [5.74, 6) is -1.61. The van der Waals surface area contributed by atoms with E-state index in [-0.39, 0.29) is 17.1 Å². The normalized spacial score (nSPS) is 36.3. The van der Waals surface area contributed by atoms with E-state index >= 15 is 0 Å². The Labute approximate surface area is 212 Å². The van der Waals surface area contributed by atoms with Gasteiger partial charge < -0.3 is 54.9 Å². The minimum Gasteiger partial charge on any atom is -0.504 e. The van der Waals surface area contributed by atoms with Crippen LogP contribution in [0.3, 0.4) is 0 Å². The van der Waals surface area contributed by atoms with E-state index in [9.17, 15) is 40.2 Å². The molecule has 1 saturated heterocycles. The first-order valence-corrected chi connectivity index (χ1v) is 11.5. The molecule has 2 fully saturated rings. The van der Waals surface area contributed by atoms with Crippen LogP contribution in [0.5, 0.6) is 11.5 Å². The highest BCUT2D eigenvalue weighted by atomic mass is 16.7. The second kappa shape index (κ2) is 11.8. The first kappa shape index (κ1) is 28.9. The van der Waals surface area contributed by atoms with Gasteiger partial charge in [-0.15, -0.1) is 0 Å². The van der Waals surface area contributed by atoms with Crippen LogP contribution in [-0.4, -0.2) is 118 Å². The van der Waals surface area contributed by atoms with Gasteiger partial charge in [-0.25, -0.2) is 0 Å². The lowest BCUT2D eigenvalue weighted by Gasteiger charge is -2.44. The number of aliphatic hydroxyl groups is 5. The molecule has 13 nitrogen and oxygen atoms in total. The van der Waals surface area contributed by atoms with Crippen molar-refractivity contribution in [2.45, 2.75) is 75.0 Å².